The van der Waals surface area contributed by atoms with E-state index in [1.54, 1.807) is 0 Å². The highest BCUT2D eigenvalue weighted by Crippen LogP contribution is 2.11. The summed E-state index contributed by atoms with van der Waals surface area (Å²) >= 11 is 5.88. The normalized spacial score (nSPS) is 12.0. The smallest absolute Gasteiger partial charge is 0.154 e. The van der Waals surface area contributed by atoms with Gasteiger partial charge in [-0.2, -0.15) is 0 Å². The average molecular weight is 249 g/mol. The summed E-state index contributed by atoms with van der Waals surface area (Å²) in [5, 5.41) is 0. The standard InChI is InChI=1S/C14H31ClN/c1-4-5-6-7-8-9-10-11-12-13-16(2,3)14-15/h4-14H2,1-3H3/q+1. The van der Waals surface area contributed by atoms with Crippen LogP contribution < -0.4 is 0 Å². The van der Waals surface area contributed by atoms with Crippen LogP contribution in [0.3, 0.4) is 0 Å². The summed E-state index contributed by atoms with van der Waals surface area (Å²) in [6, 6.07) is 0.733. The number of hydrogen-bond acceptors (Lipinski definition) is 0. The summed E-state index contributed by atoms with van der Waals surface area (Å²) in [6.45, 7) is 3.50. The third kappa shape index (κ3) is 10.8. The molecule has 0 aromatic carbocycles. The molecule has 0 aliphatic carbocycles. The molecule has 1 nitrogen and oxygen atoms in total. The number of unbranched alkanes of at least 4 members (excludes halogenated alkanes) is 8. The second-order valence-electron chi connectivity index (χ2n) is 5.61. The maximum Gasteiger partial charge on any atom is 0.154 e. The average Bonchev–Trinajstić information content (AvgIpc) is 2.27. The van der Waals surface area contributed by atoms with Gasteiger partial charge in [-0.15, -0.1) is 0 Å². The van der Waals surface area contributed by atoms with E-state index in [9.17, 15) is 0 Å². The van der Waals surface area contributed by atoms with Crippen LogP contribution in [-0.4, -0.2) is 31.1 Å². The summed E-state index contributed by atoms with van der Waals surface area (Å²) in [5.74, 6) is 0. The van der Waals surface area contributed by atoms with Gasteiger partial charge >= 0.3 is 0 Å². The van der Waals surface area contributed by atoms with E-state index in [1.165, 1.54) is 64.3 Å². The van der Waals surface area contributed by atoms with Crippen LogP contribution >= 0.6 is 11.6 Å². The molecule has 0 amide bonds. The lowest BCUT2D eigenvalue weighted by Gasteiger charge is -2.26. The van der Waals surface area contributed by atoms with Crippen molar-refractivity contribution in [3.8, 4) is 0 Å². The van der Waals surface area contributed by atoms with Crippen LogP contribution in [0.5, 0.6) is 0 Å². The third-order valence-corrected chi connectivity index (χ3v) is 3.84. The molecule has 0 fully saturated rings. The molecule has 0 rings (SSSR count). The van der Waals surface area contributed by atoms with Crippen LogP contribution in [0.2, 0.25) is 0 Å². The fraction of sp³-hybridized carbons (Fsp3) is 1.00. The predicted molar refractivity (Wildman–Crippen MR) is 74.9 cm³/mol. The number of hydrogen-bond donors (Lipinski definition) is 0. The molecular formula is C14H31ClN+. The van der Waals surface area contributed by atoms with Gasteiger partial charge in [0, 0.05) is 0 Å². The van der Waals surface area contributed by atoms with Crippen LogP contribution in [0.15, 0.2) is 0 Å². The van der Waals surface area contributed by atoms with Gasteiger partial charge in [-0.25, -0.2) is 0 Å². The Kier molecular flexibility index (Phi) is 10.6. The Morgan fingerprint density at radius 3 is 1.62 bits per heavy atom. The van der Waals surface area contributed by atoms with Gasteiger partial charge in [-0.3, -0.25) is 0 Å². The van der Waals surface area contributed by atoms with Crippen LogP contribution in [0, 0.1) is 0 Å². The molecule has 16 heavy (non-hydrogen) atoms. The monoisotopic (exact) mass is 248 g/mol. The van der Waals surface area contributed by atoms with Gasteiger partial charge in [0.1, 0.15) is 0 Å². The molecule has 0 atom stereocenters. The highest BCUT2D eigenvalue weighted by atomic mass is 35.5. The van der Waals surface area contributed by atoms with Gasteiger partial charge in [0.2, 0.25) is 0 Å². The van der Waals surface area contributed by atoms with Crippen molar-refractivity contribution >= 4 is 11.6 Å². The first-order valence-electron chi connectivity index (χ1n) is 7.00. The zero-order chi connectivity index (χ0) is 12.3. The molecule has 0 bridgehead atoms. The van der Waals surface area contributed by atoms with Crippen molar-refractivity contribution in [1.82, 2.24) is 0 Å². The van der Waals surface area contributed by atoms with Crippen molar-refractivity contribution in [2.24, 2.45) is 0 Å². The topological polar surface area (TPSA) is 0 Å². The second-order valence-corrected chi connectivity index (χ2v) is 5.85. The van der Waals surface area contributed by atoms with Crippen molar-refractivity contribution in [1.29, 1.82) is 0 Å². The Labute approximate surface area is 108 Å². The molecule has 0 saturated carbocycles. The predicted octanol–water partition coefficient (Wildman–Crippen LogP) is 4.79. The van der Waals surface area contributed by atoms with E-state index in [2.05, 4.69) is 21.0 Å². The minimum atomic E-state index is 0.733. The van der Waals surface area contributed by atoms with Crippen LogP contribution in [0.1, 0.15) is 64.7 Å². The van der Waals surface area contributed by atoms with Crippen molar-refractivity contribution in [2.75, 3.05) is 26.6 Å². The van der Waals surface area contributed by atoms with Gasteiger partial charge in [-0.1, -0.05) is 63.5 Å². The highest BCUT2D eigenvalue weighted by Gasteiger charge is 2.11. The summed E-state index contributed by atoms with van der Waals surface area (Å²) in [7, 11) is 4.41. The molecule has 98 valence electrons. The SMILES string of the molecule is CCCCCCCCCCC[N+](C)(C)CCl. The summed E-state index contributed by atoms with van der Waals surface area (Å²) in [6.07, 6.45) is 12.6. The first-order chi connectivity index (χ1) is 7.62. The molecule has 2 heteroatoms. The molecule has 0 radical (unpaired) electrons. The lowest BCUT2D eigenvalue weighted by atomic mass is 10.1. The minimum absolute atomic E-state index is 0.733. The molecule has 0 heterocycles. The van der Waals surface area contributed by atoms with E-state index < -0.39 is 0 Å². The maximum absolute atomic E-state index is 5.88. The Balaban J connectivity index is 3.10. The van der Waals surface area contributed by atoms with Gasteiger partial charge in [0.25, 0.3) is 0 Å². The molecular weight excluding hydrogens is 218 g/mol. The Bertz CT molecular complexity index is 146. The van der Waals surface area contributed by atoms with Crippen LogP contribution in [0.25, 0.3) is 0 Å². The Morgan fingerprint density at radius 2 is 1.19 bits per heavy atom. The molecule has 0 N–H and O–H groups in total. The van der Waals surface area contributed by atoms with E-state index in [4.69, 9.17) is 11.6 Å². The summed E-state index contributed by atoms with van der Waals surface area (Å²) in [5.41, 5.74) is 0. The number of rotatable bonds is 11. The molecule has 0 spiro atoms. The van der Waals surface area contributed by atoms with E-state index in [0.29, 0.717) is 0 Å². The quantitative estimate of drug-likeness (QED) is 0.213. The summed E-state index contributed by atoms with van der Waals surface area (Å²) in [4.78, 5) is 0. The van der Waals surface area contributed by atoms with E-state index >= 15 is 0 Å². The molecule has 0 aliphatic heterocycles. The van der Waals surface area contributed by atoms with Gasteiger partial charge in [0.05, 0.1) is 20.6 Å². The highest BCUT2D eigenvalue weighted by molar-refractivity contribution is 6.16. The zero-order valence-corrected chi connectivity index (χ0v) is 12.4. The fourth-order valence-electron chi connectivity index (χ4n) is 1.91. The van der Waals surface area contributed by atoms with Crippen molar-refractivity contribution in [2.45, 2.75) is 64.7 Å². The minimum Gasteiger partial charge on any atom is -0.316 e. The van der Waals surface area contributed by atoms with Crippen molar-refractivity contribution in [3.63, 3.8) is 0 Å². The van der Waals surface area contributed by atoms with Crippen LogP contribution in [-0.2, 0) is 0 Å². The number of nitrogens with zero attached hydrogens (tertiary/aromatic N) is 1. The van der Waals surface area contributed by atoms with E-state index in [1.807, 2.05) is 0 Å². The molecule has 0 aromatic rings. The molecule has 0 saturated heterocycles. The first-order valence-corrected chi connectivity index (χ1v) is 7.54. The van der Waals surface area contributed by atoms with Gasteiger partial charge in [0.15, 0.2) is 6.00 Å². The van der Waals surface area contributed by atoms with E-state index in [0.717, 1.165) is 10.5 Å². The Hall–Kier alpha value is 0.250. The maximum atomic E-state index is 5.88. The first kappa shape index (κ1) is 16.2. The van der Waals surface area contributed by atoms with Crippen molar-refractivity contribution < 1.29 is 4.48 Å². The molecule has 0 unspecified atom stereocenters. The van der Waals surface area contributed by atoms with Crippen LogP contribution in [0.4, 0.5) is 0 Å². The molecule has 0 aliphatic rings. The lowest BCUT2D eigenvalue weighted by Crippen LogP contribution is -2.38. The third-order valence-electron chi connectivity index (χ3n) is 3.19. The number of quaternary nitrogens is 1. The lowest BCUT2D eigenvalue weighted by molar-refractivity contribution is -0.879. The fourth-order valence-corrected chi connectivity index (χ4v) is 2.03. The summed E-state index contributed by atoms with van der Waals surface area (Å²) < 4.78 is 0.956. The zero-order valence-electron chi connectivity index (χ0n) is 11.6. The van der Waals surface area contributed by atoms with Crippen molar-refractivity contribution in [3.05, 3.63) is 0 Å². The number of alkyl halides is 1. The largest absolute Gasteiger partial charge is 0.316 e. The van der Waals surface area contributed by atoms with Gasteiger partial charge in [-0.05, 0) is 12.8 Å². The van der Waals surface area contributed by atoms with E-state index in [-0.39, 0.29) is 0 Å². The number of halogens is 1. The molecule has 0 aromatic heterocycles. The van der Waals surface area contributed by atoms with Gasteiger partial charge < -0.3 is 4.48 Å². The Morgan fingerprint density at radius 1 is 0.750 bits per heavy atom. The second kappa shape index (κ2) is 10.4.